The number of hydrogen-bond donors (Lipinski definition) is 0. The predicted octanol–water partition coefficient (Wildman–Crippen LogP) is 3.18. The Kier molecular flexibility index (Phi) is 4.51. The number of ether oxygens (including phenoxy) is 1. The predicted molar refractivity (Wildman–Crippen MR) is 98.6 cm³/mol. The molecular weight excluding hydrogens is 354 g/mol. The summed E-state index contributed by atoms with van der Waals surface area (Å²) in [7, 11) is 0. The Hall–Kier alpha value is -2.60. The first kappa shape index (κ1) is 16.8. The Morgan fingerprint density at radius 2 is 1.92 bits per heavy atom. The normalized spacial score (nSPS) is 14.0. The van der Waals surface area contributed by atoms with E-state index in [-0.39, 0.29) is 12.2 Å². The molecule has 0 aliphatic carbocycles. The Morgan fingerprint density at radius 3 is 2.77 bits per heavy atom. The van der Waals surface area contributed by atoms with Gasteiger partial charge in [0.2, 0.25) is 0 Å². The number of hydrogen-bond acceptors (Lipinski definition) is 4. The van der Waals surface area contributed by atoms with Crippen LogP contribution in [0.15, 0.2) is 41.2 Å². The standard InChI is InChI=1S/C19H18ClN3O3/c20-15-9-10-16(14-7-4-3-6-13(14)15)26-18(24)12-23-19(25)22-11-5-1-2-8-17(22)21-23/h3-4,6-7,9-10H,1-2,5,8,11-12H2. The number of rotatable bonds is 3. The lowest BCUT2D eigenvalue weighted by atomic mass is 10.1. The highest BCUT2D eigenvalue weighted by Gasteiger charge is 2.18. The van der Waals surface area contributed by atoms with Gasteiger partial charge in [-0.3, -0.25) is 4.57 Å². The molecule has 4 rings (SSSR count). The average molecular weight is 372 g/mol. The van der Waals surface area contributed by atoms with Gasteiger partial charge in [0, 0.05) is 28.8 Å². The molecule has 7 heteroatoms. The second kappa shape index (κ2) is 6.96. The van der Waals surface area contributed by atoms with Crippen LogP contribution in [0, 0.1) is 0 Å². The maximum absolute atomic E-state index is 12.4. The lowest BCUT2D eigenvalue weighted by Gasteiger charge is -2.08. The highest BCUT2D eigenvalue weighted by atomic mass is 35.5. The van der Waals surface area contributed by atoms with Crippen molar-refractivity contribution >= 4 is 28.3 Å². The molecule has 6 nitrogen and oxygen atoms in total. The third kappa shape index (κ3) is 3.12. The van der Waals surface area contributed by atoms with Crippen molar-refractivity contribution in [3.05, 3.63) is 57.7 Å². The van der Waals surface area contributed by atoms with Crippen LogP contribution in [0.2, 0.25) is 5.02 Å². The molecule has 0 saturated carbocycles. The van der Waals surface area contributed by atoms with Crippen LogP contribution >= 0.6 is 11.6 Å². The van der Waals surface area contributed by atoms with Gasteiger partial charge >= 0.3 is 11.7 Å². The van der Waals surface area contributed by atoms with Gasteiger partial charge in [0.25, 0.3) is 0 Å². The minimum Gasteiger partial charge on any atom is -0.424 e. The van der Waals surface area contributed by atoms with E-state index in [1.165, 1.54) is 4.68 Å². The summed E-state index contributed by atoms with van der Waals surface area (Å²) in [5.41, 5.74) is -0.250. The van der Waals surface area contributed by atoms with E-state index in [1.54, 1.807) is 16.7 Å². The summed E-state index contributed by atoms with van der Waals surface area (Å²) in [5, 5.41) is 6.47. The zero-order chi connectivity index (χ0) is 18.1. The smallest absolute Gasteiger partial charge is 0.346 e. The van der Waals surface area contributed by atoms with Crippen molar-refractivity contribution in [2.45, 2.75) is 38.8 Å². The van der Waals surface area contributed by atoms with Gasteiger partial charge in [0.05, 0.1) is 0 Å². The molecular formula is C19H18ClN3O3. The number of fused-ring (bicyclic) bond motifs is 2. The van der Waals surface area contributed by atoms with Crippen molar-refractivity contribution < 1.29 is 9.53 Å². The van der Waals surface area contributed by atoms with Crippen molar-refractivity contribution in [3.8, 4) is 5.75 Å². The first-order valence-electron chi connectivity index (χ1n) is 8.68. The second-order valence-electron chi connectivity index (χ2n) is 6.38. The number of carbonyl (C=O) groups is 1. The minimum absolute atomic E-state index is 0.213. The summed E-state index contributed by atoms with van der Waals surface area (Å²) < 4.78 is 8.35. The molecule has 2 heterocycles. The van der Waals surface area contributed by atoms with E-state index in [4.69, 9.17) is 16.3 Å². The molecule has 134 valence electrons. The summed E-state index contributed by atoms with van der Waals surface area (Å²) in [6.45, 7) is 0.445. The molecule has 2 aromatic carbocycles. The highest BCUT2D eigenvalue weighted by Crippen LogP contribution is 2.31. The summed E-state index contributed by atoms with van der Waals surface area (Å²) in [4.78, 5) is 24.8. The van der Waals surface area contributed by atoms with Crippen LogP contribution in [-0.2, 0) is 24.3 Å². The Balaban J connectivity index is 1.57. The van der Waals surface area contributed by atoms with Gasteiger partial charge in [-0.05, 0) is 25.0 Å². The number of aryl methyl sites for hydroxylation is 1. The largest absolute Gasteiger partial charge is 0.424 e. The van der Waals surface area contributed by atoms with Gasteiger partial charge < -0.3 is 4.74 Å². The third-order valence-corrected chi connectivity index (χ3v) is 4.94. The molecule has 3 aromatic rings. The van der Waals surface area contributed by atoms with Crippen LogP contribution in [-0.4, -0.2) is 20.3 Å². The SMILES string of the molecule is O=C(Cn1nc2n(c1=O)CCCCC2)Oc1ccc(Cl)c2ccccc12. The molecule has 0 spiro atoms. The molecule has 1 aromatic heterocycles. The van der Waals surface area contributed by atoms with Crippen LogP contribution in [0.5, 0.6) is 5.75 Å². The quantitative estimate of drug-likeness (QED) is 0.524. The van der Waals surface area contributed by atoms with Crippen LogP contribution in [0.25, 0.3) is 10.8 Å². The van der Waals surface area contributed by atoms with E-state index in [0.29, 0.717) is 17.3 Å². The van der Waals surface area contributed by atoms with Gasteiger partial charge in [-0.15, -0.1) is 0 Å². The number of carbonyl (C=O) groups excluding carboxylic acids is 1. The number of aromatic nitrogens is 3. The number of esters is 1. The number of benzene rings is 2. The fourth-order valence-electron chi connectivity index (χ4n) is 3.33. The molecule has 0 fully saturated rings. The maximum atomic E-state index is 12.4. The maximum Gasteiger partial charge on any atom is 0.346 e. The summed E-state index contributed by atoms with van der Waals surface area (Å²) in [6.07, 6.45) is 3.82. The monoisotopic (exact) mass is 371 g/mol. The summed E-state index contributed by atoms with van der Waals surface area (Å²) >= 11 is 6.19. The van der Waals surface area contributed by atoms with Gasteiger partial charge in [-0.2, -0.15) is 5.10 Å². The Morgan fingerprint density at radius 1 is 1.12 bits per heavy atom. The van der Waals surface area contributed by atoms with Crippen molar-refractivity contribution in [1.29, 1.82) is 0 Å². The summed E-state index contributed by atoms with van der Waals surface area (Å²) in [6, 6.07) is 10.8. The van der Waals surface area contributed by atoms with Crippen molar-refractivity contribution in [2.24, 2.45) is 0 Å². The van der Waals surface area contributed by atoms with E-state index in [0.717, 1.165) is 42.3 Å². The zero-order valence-electron chi connectivity index (χ0n) is 14.2. The topological polar surface area (TPSA) is 66.1 Å². The van der Waals surface area contributed by atoms with Gasteiger partial charge in [-0.25, -0.2) is 14.3 Å². The molecule has 1 aliphatic heterocycles. The van der Waals surface area contributed by atoms with Crippen molar-refractivity contribution in [3.63, 3.8) is 0 Å². The van der Waals surface area contributed by atoms with E-state index in [1.807, 2.05) is 24.3 Å². The zero-order valence-corrected chi connectivity index (χ0v) is 14.9. The molecule has 1 aliphatic rings. The second-order valence-corrected chi connectivity index (χ2v) is 6.79. The molecule has 0 unspecified atom stereocenters. The van der Waals surface area contributed by atoms with Crippen molar-refractivity contribution in [1.82, 2.24) is 14.3 Å². The third-order valence-electron chi connectivity index (χ3n) is 4.62. The van der Waals surface area contributed by atoms with Crippen LogP contribution in [0.3, 0.4) is 0 Å². The van der Waals surface area contributed by atoms with Crippen LogP contribution in [0.1, 0.15) is 25.1 Å². The van der Waals surface area contributed by atoms with Crippen LogP contribution in [0.4, 0.5) is 0 Å². The minimum atomic E-state index is -0.534. The fraction of sp³-hybridized carbons (Fsp3) is 0.316. The summed E-state index contributed by atoms with van der Waals surface area (Å²) in [5.74, 6) is 0.633. The van der Waals surface area contributed by atoms with E-state index in [2.05, 4.69) is 5.10 Å². The first-order valence-corrected chi connectivity index (χ1v) is 9.06. The van der Waals surface area contributed by atoms with E-state index in [9.17, 15) is 9.59 Å². The van der Waals surface area contributed by atoms with E-state index < -0.39 is 5.97 Å². The van der Waals surface area contributed by atoms with Crippen molar-refractivity contribution in [2.75, 3.05) is 0 Å². The van der Waals surface area contributed by atoms with Gasteiger partial charge in [0.1, 0.15) is 18.1 Å². The fourth-order valence-corrected chi connectivity index (χ4v) is 3.56. The molecule has 0 atom stereocenters. The average Bonchev–Trinajstić information content (AvgIpc) is 2.81. The Labute approximate surface area is 154 Å². The molecule has 0 amide bonds. The first-order chi connectivity index (χ1) is 12.6. The molecule has 0 saturated heterocycles. The molecule has 0 bridgehead atoms. The van der Waals surface area contributed by atoms with Gasteiger partial charge in [-0.1, -0.05) is 42.3 Å². The van der Waals surface area contributed by atoms with Crippen LogP contribution < -0.4 is 10.4 Å². The van der Waals surface area contributed by atoms with Gasteiger partial charge in [0.15, 0.2) is 0 Å². The lowest BCUT2D eigenvalue weighted by molar-refractivity contribution is -0.135. The Bertz CT molecular complexity index is 1040. The number of halogens is 1. The molecule has 0 N–H and O–H groups in total. The molecule has 0 radical (unpaired) electrons. The number of nitrogens with zero attached hydrogens (tertiary/aromatic N) is 3. The highest BCUT2D eigenvalue weighted by molar-refractivity contribution is 6.35. The molecule has 26 heavy (non-hydrogen) atoms. The van der Waals surface area contributed by atoms with E-state index >= 15 is 0 Å². The lowest BCUT2D eigenvalue weighted by Crippen LogP contribution is -2.29.